The first-order chi connectivity index (χ1) is 12.4. The zero-order valence-corrected chi connectivity index (χ0v) is 17.5. The van der Waals surface area contributed by atoms with Crippen LogP contribution in [0.2, 0.25) is 0 Å². The number of allylic oxidation sites excluding steroid dienone is 2. The number of rotatable bonds is 3. The molecule has 0 aromatic rings. The lowest BCUT2D eigenvalue weighted by Gasteiger charge is -2.57. The lowest BCUT2D eigenvalue weighted by atomic mass is 9.47. The fourth-order valence-electron chi connectivity index (χ4n) is 6.23. The third-order valence-corrected chi connectivity index (χ3v) is 7.88. The van der Waals surface area contributed by atoms with Gasteiger partial charge >= 0.3 is 5.97 Å². The number of fused-ring (bicyclic) bond motifs is 3. The number of aldehydes is 1. The summed E-state index contributed by atoms with van der Waals surface area (Å²) in [6.07, 6.45) is 15.1. The second kappa shape index (κ2) is 8.71. The maximum Gasteiger partial charge on any atom is 0.302 e. The predicted octanol–water partition coefficient (Wildman–Crippen LogP) is 5.72. The first-order valence-electron chi connectivity index (χ1n) is 10.6. The summed E-state index contributed by atoms with van der Waals surface area (Å²) in [4.78, 5) is 21.7. The highest BCUT2D eigenvalue weighted by Gasteiger charge is 2.54. The molecule has 5 unspecified atom stereocenters. The maximum atomic E-state index is 12.2. The number of methoxy groups -OCH3 is 1. The van der Waals surface area contributed by atoms with Crippen LogP contribution in [0.25, 0.3) is 0 Å². The van der Waals surface area contributed by atoms with E-state index in [9.17, 15) is 9.59 Å². The molecule has 0 N–H and O–H groups in total. The smallest absolute Gasteiger partial charge is 0.302 e. The molecule has 26 heavy (non-hydrogen) atoms. The van der Waals surface area contributed by atoms with E-state index in [0.717, 1.165) is 18.3 Å². The number of ether oxygens (including phenoxy) is 1. The van der Waals surface area contributed by atoms with E-state index in [1.165, 1.54) is 77.3 Å². The molecular formula is C23H38O3. The van der Waals surface area contributed by atoms with Gasteiger partial charge in [-0.1, -0.05) is 51.7 Å². The third-order valence-electron chi connectivity index (χ3n) is 7.88. The van der Waals surface area contributed by atoms with Gasteiger partial charge in [-0.05, 0) is 61.7 Å². The SMILES string of the molecule is CCC1C2CC=C3CCCCC3(C=O)C2CCC1(C)CC.COC(C)=O. The Bertz CT molecular complexity index is 538. The standard InChI is InChI=1S/C20H32O.C3H6O2/c1-4-17-16-10-9-15-8-6-7-12-20(15,14-21)18(16)11-13-19(17,3)5-2;1-3(4)5-2/h9,14,16-18H,4-8,10-13H2,1-3H3;1-2H3. The van der Waals surface area contributed by atoms with Gasteiger partial charge in [-0.15, -0.1) is 0 Å². The molecule has 3 aliphatic rings. The molecule has 3 rings (SSSR count). The van der Waals surface area contributed by atoms with Gasteiger partial charge < -0.3 is 9.53 Å². The van der Waals surface area contributed by atoms with Crippen LogP contribution in [0.15, 0.2) is 11.6 Å². The molecular weight excluding hydrogens is 324 g/mol. The van der Waals surface area contributed by atoms with Crippen LogP contribution in [0.5, 0.6) is 0 Å². The van der Waals surface area contributed by atoms with Crippen molar-refractivity contribution < 1.29 is 14.3 Å². The largest absolute Gasteiger partial charge is 0.469 e. The zero-order valence-electron chi connectivity index (χ0n) is 17.5. The summed E-state index contributed by atoms with van der Waals surface area (Å²) in [5.41, 5.74) is 1.95. The summed E-state index contributed by atoms with van der Waals surface area (Å²) in [6.45, 7) is 8.60. The Balaban J connectivity index is 0.000000431. The topological polar surface area (TPSA) is 43.4 Å². The van der Waals surface area contributed by atoms with Gasteiger partial charge in [0.05, 0.1) is 7.11 Å². The Morgan fingerprint density at radius 2 is 2.00 bits per heavy atom. The summed E-state index contributed by atoms with van der Waals surface area (Å²) in [5, 5.41) is 0. The van der Waals surface area contributed by atoms with Crippen molar-refractivity contribution in [1.29, 1.82) is 0 Å². The van der Waals surface area contributed by atoms with E-state index < -0.39 is 0 Å². The van der Waals surface area contributed by atoms with Crippen molar-refractivity contribution in [2.24, 2.45) is 28.6 Å². The van der Waals surface area contributed by atoms with Crippen molar-refractivity contribution in [3.8, 4) is 0 Å². The molecule has 0 spiro atoms. The van der Waals surface area contributed by atoms with Crippen molar-refractivity contribution in [1.82, 2.24) is 0 Å². The number of hydrogen-bond acceptors (Lipinski definition) is 3. The molecule has 3 nitrogen and oxygen atoms in total. The van der Waals surface area contributed by atoms with Crippen LogP contribution >= 0.6 is 0 Å². The summed E-state index contributed by atoms with van der Waals surface area (Å²) in [5.74, 6) is 1.95. The molecule has 0 aromatic heterocycles. The molecule has 0 saturated heterocycles. The van der Waals surface area contributed by atoms with Crippen molar-refractivity contribution in [3.63, 3.8) is 0 Å². The number of esters is 1. The van der Waals surface area contributed by atoms with Crippen LogP contribution in [-0.4, -0.2) is 19.4 Å². The van der Waals surface area contributed by atoms with Gasteiger partial charge in [0.1, 0.15) is 6.29 Å². The quantitative estimate of drug-likeness (QED) is 0.366. The summed E-state index contributed by atoms with van der Waals surface area (Å²) in [7, 11) is 1.35. The molecule has 0 radical (unpaired) electrons. The molecule has 2 fully saturated rings. The van der Waals surface area contributed by atoms with E-state index in [1.807, 2.05) is 0 Å². The monoisotopic (exact) mass is 362 g/mol. The molecule has 2 saturated carbocycles. The summed E-state index contributed by atoms with van der Waals surface area (Å²) < 4.78 is 4.11. The normalized spacial score (nSPS) is 38.7. The fraction of sp³-hybridized carbons (Fsp3) is 0.826. The van der Waals surface area contributed by atoms with E-state index in [-0.39, 0.29) is 11.4 Å². The average molecular weight is 363 g/mol. The highest BCUT2D eigenvalue weighted by molar-refractivity contribution is 5.67. The van der Waals surface area contributed by atoms with Gasteiger partial charge in [0, 0.05) is 12.3 Å². The highest BCUT2D eigenvalue weighted by atomic mass is 16.5. The van der Waals surface area contributed by atoms with Crippen molar-refractivity contribution >= 4 is 12.3 Å². The molecule has 0 amide bonds. The third kappa shape index (κ3) is 3.77. The molecule has 3 aliphatic carbocycles. The van der Waals surface area contributed by atoms with Crippen LogP contribution in [0, 0.1) is 28.6 Å². The molecule has 0 aromatic carbocycles. The Hall–Kier alpha value is -1.12. The summed E-state index contributed by atoms with van der Waals surface area (Å²) in [6, 6.07) is 0. The van der Waals surface area contributed by atoms with Gasteiger partial charge in [0.15, 0.2) is 0 Å². The zero-order chi connectivity index (χ0) is 19.4. The number of hydrogen-bond donors (Lipinski definition) is 0. The lowest BCUT2D eigenvalue weighted by Crippen LogP contribution is -2.51. The maximum absolute atomic E-state index is 12.2. The van der Waals surface area contributed by atoms with E-state index >= 15 is 0 Å². The van der Waals surface area contributed by atoms with Crippen LogP contribution < -0.4 is 0 Å². The molecule has 148 valence electrons. The minimum Gasteiger partial charge on any atom is -0.469 e. The van der Waals surface area contributed by atoms with Crippen molar-refractivity contribution in [3.05, 3.63) is 11.6 Å². The van der Waals surface area contributed by atoms with Crippen LogP contribution in [0.4, 0.5) is 0 Å². The Labute approximate surface area is 160 Å². The van der Waals surface area contributed by atoms with E-state index in [0.29, 0.717) is 11.3 Å². The van der Waals surface area contributed by atoms with Gasteiger partial charge in [-0.25, -0.2) is 0 Å². The van der Waals surface area contributed by atoms with Crippen LogP contribution in [0.3, 0.4) is 0 Å². The molecule has 0 bridgehead atoms. The number of carbonyl (C=O) groups excluding carboxylic acids is 2. The van der Waals surface area contributed by atoms with E-state index in [1.54, 1.807) is 0 Å². The average Bonchev–Trinajstić information content (AvgIpc) is 2.67. The van der Waals surface area contributed by atoms with Gasteiger partial charge in [-0.2, -0.15) is 0 Å². The first kappa shape index (κ1) is 21.2. The Morgan fingerprint density at radius 3 is 2.54 bits per heavy atom. The molecule has 5 atom stereocenters. The van der Waals surface area contributed by atoms with Gasteiger partial charge in [0.25, 0.3) is 0 Å². The van der Waals surface area contributed by atoms with Crippen molar-refractivity contribution in [2.75, 3.05) is 7.11 Å². The predicted molar refractivity (Wildman–Crippen MR) is 106 cm³/mol. The first-order valence-corrected chi connectivity index (χ1v) is 10.6. The van der Waals surface area contributed by atoms with Gasteiger partial charge in [-0.3, -0.25) is 4.79 Å². The summed E-state index contributed by atoms with van der Waals surface area (Å²) >= 11 is 0. The molecule has 0 aliphatic heterocycles. The lowest BCUT2D eigenvalue weighted by molar-refractivity contribution is -0.137. The number of carbonyl (C=O) groups is 2. The minimum atomic E-state index is -0.245. The second-order valence-corrected chi connectivity index (χ2v) is 8.86. The molecule has 0 heterocycles. The second-order valence-electron chi connectivity index (χ2n) is 8.86. The van der Waals surface area contributed by atoms with Crippen molar-refractivity contribution in [2.45, 2.75) is 85.5 Å². The highest BCUT2D eigenvalue weighted by Crippen LogP contribution is 2.61. The fourth-order valence-corrected chi connectivity index (χ4v) is 6.23. The minimum absolute atomic E-state index is 0.0658. The Kier molecular flexibility index (Phi) is 7.10. The van der Waals surface area contributed by atoms with Crippen LogP contribution in [-0.2, 0) is 14.3 Å². The molecule has 3 heteroatoms. The van der Waals surface area contributed by atoms with Gasteiger partial charge in [0.2, 0.25) is 0 Å². The van der Waals surface area contributed by atoms with E-state index in [4.69, 9.17) is 0 Å². The van der Waals surface area contributed by atoms with E-state index in [2.05, 4.69) is 31.6 Å². The Morgan fingerprint density at radius 1 is 1.31 bits per heavy atom. The van der Waals surface area contributed by atoms with Crippen LogP contribution in [0.1, 0.15) is 85.5 Å².